The topological polar surface area (TPSA) is 52.5 Å². The van der Waals surface area contributed by atoms with Crippen LogP contribution in [0.2, 0.25) is 0 Å². The lowest BCUT2D eigenvalue weighted by atomic mass is 10.1. The van der Waals surface area contributed by atoms with E-state index in [4.69, 9.17) is 0 Å². The summed E-state index contributed by atoms with van der Waals surface area (Å²) in [6, 6.07) is 5.88. The summed E-state index contributed by atoms with van der Waals surface area (Å²) in [7, 11) is 0. The zero-order chi connectivity index (χ0) is 12.0. The average Bonchev–Trinajstić information content (AvgIpc) is 2.28. The van der Waals surface area contributed by atoms with Gasteiger partial charge in [0.2, 0.25) is 0 Å². The van der Waals surface area contributed by atoms with E-state index >= 15 is 0 Å². The van der Waals surface area contributed by atoms with E-state index < -0.39 is 12.2 Å². The fourth-order valence-corrected chi connectivity index (χ4v) is 1.36. The van der Waals surface area contributed by atoms with Gasteiger partial charge in [-0.1, -0.05) is 19.1 Å². The minimum atomic E-state index is -0.750. The molecule has 2 unspecified atom stereocenters. The molecule has 3 N–H and O–H groups in total. The molecule has 0 saturated carbocycles. The summed E-state index contributed by atoms with van der Waals surface area (Å²) >= 11 is 0. The fourth-order valence-electron chi connectivity index (χ4n) is 1.36. The molecule has 0 fully saturated rings. The summed E-state index contributed by atoms with van der Waals surface area (Å²) < 4.78 is 12.9. The maximum atomic E-state index is 12.9. The lowest BCUT2D eigenvalue weighted by Crippen LogP contribution is -2.29. The lowest BCUT2D eigenvalue weighted by Gasteiger charge is -2.14. The van der Waals surface area contributed by atoms with Crippen molar-refractivity contribution < 1.29 is 14.6 Å². The smallest absolute Gasteiger partial charge is 0.123 e. The van der Waals surface area contributed by atoms with Crippen LogP contribution in [0.15, 0.2) is 24.3 Å². The molecule has 0 aliphatic carbocycles. The summed E-state index contributed by atoms with van der Waals surface area (Å²) in [6.45, 7) is 2.62. The predicted octanol–water partition coefficient (Wildman–Crippen LogP) is 1.22. The molecule has 0 amide bonds. The molecule has 16 heavy (non-hydrogen) atoms. The van der Waals surface area contributed by atoms with Gasteiger partial charge in [-0.05, 0) is 24.1 Å². The molecule has 0 spiro atoms. The molecule has 1 rings (SSSR count). The molecular weight excluding hydrogens is 209 g/mol. The number of hydrogen-bond donors (Lipinski definition) is 3. The molecular formula is C12H18FNO2. The Hall–Kier alpha value is -0.970. The molecule has 1 aromatic rings. The second kappa shape index (κ2) is 6.58. The maximum absolute atomic E-state index is 12.9. The van der Waals surface area contributed by atoms with Gasteiger partial charge in [-0.2, -0.15) is 0 Å². The maximum Gasteiger partial charge on any atom is 0.123 e. The largest absolute Gasteiger partial charge is 0.392 e. The monoisotopic (exact) mass is 227 g/mol. The van der Waals surface area contributed by atoms with Crippen LogP contribution in [0.3, 0.4) is 0 Å². The number of halogens is 1. The number of rotatable bonds is 6. The van der Waals surface area contributed by atoms with Crippen LogP contribution in [-0.4, -0.2) is 29.4 Å². The molecule has 0 saturated heterocycles. The van der Waals surface area contributed by atoms with Gasteiger partial charge in [0, 0.05) is 13.1 Å². The van der Waals surface area contributed by atoms with Crippen LogP contribution in [-0.2, 0) is 0 Å². The molecule has 4 heteroatoms. The first-order valence-corrected chi connectivity index (χ1v) is 5.45. The summed E-state index contributed by atoms with van der Waals surface area (Å²) in [5.74, 6) is -0.356. The van der Waals surface area contributed by atoms with Gasteiger partial charge in [0.25, 0.3) is 0 Å². The molecule has 2 atom stereocenters. The van der Waals surface area contributed by atoms with Crippen molar-refractivity contribution in [3.05, 3.63) is 35.6 Å². The highest BCUT2D eigenvalue weighted by atomic mass is 19.1. The predicted molar refractivity (Wildman–Crippen MR) is 60.5 cm³/mol. The third-order valence-corrected chi connectivity index (χ3v) is 2.42. The van der Waals surface area contributed by atoms with Crippen molar-refractivity contribution in [1.82, 2.24) is 5.32 Å². The Balaban J connectivity index is 2.38. The van der Waals surface area contributed by atoms with Gasteiger partial charge in [0.05, 0.1) is 12.2 Å². The van der Waals surface area contributed by atoms with Crippen LogP contribution < -0.4 is 5.32 Å². The Bertz CT molecular complexity index is 320. The number of aliphatic hydroxyl groups is 2. The average molecular weight is 227 g/mol. The van der Waals surface area contributed by atoms with Crippen molar-refractivity contribution in [2.45, 2.75) is 25.6 Å². The quantitative estimate of drug-likeness (QED) is 0.685. The van der Waals surface area contributed by atoms with Gasteiger partial charge in [0.15, 0.2) is 0 Å². The van der Waals surface area contributed by atoms with Crippen molar-refractivity contribution in [3.8, 4) is 0 Å². The normalized spacial score (nSPS) is 14.8. The van der Waals surface area contributed by atoms with Crippen LogP contribution in [0.25, 0.3) is 0 Å². The summed E-state index contributed by atoms with van der Waals surface area (Å²) in [4.78, 5) is 0. The van der Waals surface area contributed by atoms with E-state index in [1.54, 1.807) is 12.1 Å². The van der Waals surface area contributed by atoms with Crippen LogP contribution >= 0.6 is 0 Å². The molecule has 0 bridgehead atoms. The highest BCUT2D eigenvalue weighted by Crippen LogP contribution is 2.12. The Morgan fingerprint density at radius 2 is 2.06 bits per heavy atom. The standard InChI is InChI=1S/C12H18FNO2/c1-2-11(15)7-14-8-12(16)9-4-3-5-10(13)6-9/h3-6,11-12,14-16H,2,7-8H2,1H3. The van der Waals surface area contributed by atoms with E-state index in [-0.39, 0.29) is 5.82 Å². The highest BCUT2D eigenvalue weighted by Gasteiger charge is 2.08. The molecule has 1 aromatic carbocycles. The van der Waals surface area contributed by atoms with Gasteiger partial charge in [-0.25, -0.2) is 4.39 Å². The number of benzene rings is 1. The molecule has 90 valence electrons. The Morgan fingerprint density at radius 3 is 2.69 bits per heavy atom. The van der Waals surface area contributed by atoms with E-state index in [0.29, 0.717) is 25.1 Å². The van der Waals surface area contributed by atoms with Gasteiger partial charge >= 0.3 is 0 Å². The van der Waals surface area contributed by atoms with Crippen LogP contribution in [0, 0.1) is 5.82 Å². The third-order valence-electron chi connectivity index (χ3n) is 2.42. The van der Waals surface area contributed by atoms with Gasteiger partial charge in [0.1, 0.15) is 5.82 Å². The second-order valence-electron chi connectivity index (χ2n) is 3.79. The minimum absolute atomic E-state index is 0.306. The molecule has 0 aliphatic heterocycles. The van der Waals surface area contributed by atoms with Crippen molar-refractivity contribution in [2.75, 3.05) is 13.1 Å². The Kier molecular flexibility index (Phi) is 5.38. The first kappa shape index (κ1) is 13.1. The Labute approximate surface area is 94.9 Å². The molecule has 0 aliphatic rings. The number of hydrogen-bond acceptors (Lipinski definition) is 3. The van der Waals surface area contributed by atoms with Gasteiger partial charge < -0.3 is 15.5 Å². The van der Waals surface area contributed by atoms with Gasteiger partial charge in [-0.15, -0.1) is 0 Å². The lowest BCUT2D eigenvalue weighted by molar-refractivity contribution is 0.144. The van der Waals surface area contributed by atoms with Crippen molar-refractivity contribution in [2.24, 2.45) is 0 Å². The minimum Gasteiger partial charge on any atom is -0.392 e. The van der Waals surface area contributed by atoms with Gasteiger partial charge in [-0.3, -0.25) is 0 Å². The number of aliphatic hydroxyl groups excluding tert-OH is 2. The van der Waals surface area contributed by atoms with E-state index in [1.165, 1.54) is 12.1 Å². The van der Waals surface area contributed by atoms with Crippen LogP contribution in [0.1, 0.15) is 25.0 Å². The highest BCUT2D eigenvalue weighted by molar-refractivity contribution is 5.18. The zero-order valence-electron chi connectivity index (χ0n) is 9.36. The first-order chi connectivity index (χ1) is 7.63. The SMILES string of the molecule is CCC(O)CNCC(O)c1cccc(F)c1. The fraction of sp³-hybridized carbons (Fsp3) is 0.500. The zero-order valence-corrected chi connectivity index (χ0v) is 9.36. The summed E-state index contributed by atoms with van der Waals surface area (Å²) in [5, 5.41) is 21.9. The Morgan fingerprint density at radius 1 is 1.31 bits per heavy atom. The van der Waals surface area contributed by atoms with E-state index in [9.17, 15) is 14.6 Å². The van der Waals surface area contributed by atoms with E-state index in [0.717, 1.165) is 0 Å². The molecule has 3 nitrogen and oxygen atoms in total. The summed E-state index contributed by atoms with van der Waals surface area (Å²) in [6.07, 6.45) is -0.484. The summed E-state index contributed by atoms with van der Waals surface area (Å²) in [5.41, 5.74) is 0.540. The van der Waals surface area contributed by atoms with Crippen molar-refractivity contribution in [3.63, 3.8) is 0 Å². The molecule has 0 aromatic heterocycles. The number of nitrogens with one attached hydrogen (secondary N) is 1. The molecule has 0 heterocycles. The van der Waals surface area contributed by atoms with E-state index in [1.807, 2.05) is 6.92 Å². The second-order valence-corrected chi connectivity index (χ2v) is 3.79. The van der Waals surface area contributed by atoms with Crippen LogP contribution in [0.4, 0.5) is 4.39 Å². The van der Waals surface area contributed by atoms with E-state index in [2.05, 4.69) is 5.32 Å². The van der Waals surface area contributed by atoms with Crippen LogP contribution in [0.5, 0.6) is 0 Å². The molecule has 0 radical (unpaired) electrons. The third kappa shape index (κ3) is 4.26. The van der Waals surface area contributed by atoms with Crippen molar-refractivity contribution >= 4 is 0 Å². The van der Waals surface area contributed by atoms with Crippen molar-refractivity contribution in [1.29, 1.82) is 0 Å². The first-order valence-electron chi connectivity index (χ1n) is 5.45.